The van der Waals surface area contributed by atoms with Crippen molar-refractivity contribution < 1.29 is 14.4 Å². The van der Waals surface area contributed by atoms with E-state index in [1.54, 1.807) is 36.1 Å². The predicted molar refractivity (Wildman–Crippen MR) is 116 cm³/mol. The molecule has 3 rings (SSSR count). The van der Waals surface area contributed by atoms with Crippen LogP contribution in [-0.2, 0) is 9.59 Å². The summed E-state index contributed by atoms with van der Waals surface area (Å²) < 4.78 is 0. The lowest BCUT2D eigenvalue weighted by atomic mass is 10.1. The lowest BCUT2D eigenvalue weighted by molar-refractivity contribution is -0.130. The minimum absolute atomic E-state index is 0.0590. The molecule has 0 unspecified atom stereocenters. The SMILES string of the molecule is CC(=O)N1CCN(CC(=O)Nc2ccccc2C(=O)N[C@H](C)c2ccccc2)CC1. The minimum atomic E-state index is -0.239. The number of nitrogens with one attached hydrogen (secondary N) is 2. The lowest BCUT2D eigenvalue weighted by Gasteiger charge is -2.33. The summed E-state index contributed by atoms with van der Waals surface area (Å²) in [6.07, 6.45) is 0. The van der Waals surface area contributed by atoms with Gasteiger partial charge in [-0.15, -0.1) is 0 Å². The van der Waals surface area contributed by atoms with Crippen LogP contribution < -0.4 is 10.6 Å². The molecular formula is C23H28N4O3. The molecule has 0 aromatic heterocycles. The van der Waals surface area contributed by atoms with E-state index < -0.39 is 0 Å². The molecule has 7 nitrogen and oxygen atoms in total. The van der Waals surface area contributed by atoms with Gasteiger partial charge in [0.05, 0.1) is 23.8 Å². The number of carbonyl (C=O) groups excluding carboxylic acids is 3. The Morgan fingerprint density at radius 2 is 1.57 bits per heavy atom. The van der Waals surface area contributed by atoms with Crippen LogP contribution in [0.2, 0.25) is 0 Å². The molecule has 1 aliphatic heterocycles. The highest BCUT2D eigenvalue weighted by Gasteiger charge is 2.21. The summed E-state index contributed by atoms with van der Waals surface area (Å²) in [4.78, 5) is 40.6. The first-order valence-corrected chi connectivity index (χ1v) is 10.2. The van der Waals surface area contributed by atoms with Crippen LogP contribution in [0.5, 0.6) is 0 Å². The molecule has 1 heterocycles. The number of hydrogen-bond acceptors (Lipinski definition) is 4. The average molecular weight is 409 g/mol. The van der Waals surface area contributed by atoms with Gasteiger partial charge in [-0.3, -0.25) is 19.3 Å². The van der Waals surface area contributed by atoms with Crippen LogP contribution in [0.25, 0.3) is 0 Å². The van der Waals surface area contributed by atoms with Gasteiger partial charge in [0.25, 0.3) is 5.91 Å². The monoisotopic (exact) mass is 408 g/mol. The molecular weight excluding hydrogens is 380 g/mol. The number of piperazine rings is 1. The van der Waals surface area contributed by atoms with Crippen LogP contribution in [0, 0.1) is 0 Å². The maximum Gasteiger partial charge on any atom is 0.253 e. The van der Waals surface area contributed by atoms with Crippen LogP contribution >= 0.6 is 0 Å². The summed E-state index contributed by atoms with van der Waals surface area (Å²) in [5.41, 5.74) is 1.93. The van der Waals surface area contributed by atoms with Gasteiger partial charge in [0.15, 0.2) is 0 Å². The van der Waals surface area contributed by atoms with Gasteiger partial charge in [-0.05, 0) is 24.6 Å². The zero-order valence-electron chi connectivity index (χ0n) is 17.4. The number of amides is 3. The van der Waals surface area contributed by atoms with Gasteiger partial charge in [-0.25, -0.2) is 0 Å². The van der Waals surface area contributed by atoms with Gasteiger partial charge in [0.2, 0.25) is 11.8 Å². The van der Waals surface area contributed by atoms with Crippen molar-refractivity contribution in [1.29, 1.82) is 0 Å². The summed E-state index contributed by atoms with van der Waals surface area (Å²) in [7, 11) is 0. The minimum Gasteiger partial charge on any atom is -0.345 e. The molecule has 1 aliphatic rings. The van der Waals surface area contributed by atoms with Gasteiger partial charge in [0, 0.05) is 33.1 Å². The normalized spacial score (nSPS) is 15.3. The quantitative estimate of drug-likeness (QED) is 0.768. The topological polar surface area (TPSA) is 81.8 Å². The highest BCUT2D eigenvalue weighted by atomic mass is 16.2. The second-order valence-corrected chi connectivity index (χ2v) is 7.48. The lowest BCUT2D eigenvalue weighted by Crippen LogP contribution is -2.49. The summed E-state index contributed by atoms with van der Waals surface area (Å²) in [6, 6.07) is 16.6. The molecule has 2 aromatic rings. The molecule has 1 fully saturated rings. The molecule has 30 heavy (non-hydrogen) atoms. The summed E-state index contributed by atoms with van der Waals surface area (Å²) in [5.74, 6) is -0.358. The van der Waals surface area contributed by atoms with Gasteiger partial charge < -0.3 is 15.5 Å². The fourth-order valence-corrected chi connectivity index (χ4v) is 3.50. The Labute approximate surface area is 177 Å². The first-order chi connectivity index (χ1) is 14.4. The van der Waals surface area contributed by atoms with Crippen LogP contribution in [0.4, 0.5) is 5.69 Å². The second-order valence-electron chi connectivity index (χ2n) is 7.48. The van der Waals surface area contributed by atoms with E-state index in [1.165, 1.54) is 0 Å². The van der Waals surface area contributed by atoms with Gasteiger partial charge in [-0.1, -0.05) is 42.5 Å². The Morgan fingerprint density at radius 3 is 2.23 bits per heavy atom. The standard InChI is InChI=1S/C23H28N4O3/c1-17(19-8-4-3-5-9-19)24-23(30)20-10-6-7-11-21(20)25-22(29)16-26-12-14-27(15-13-26)18(2)28/h3-11,17H,12-16H2,1-2H3,(H,24,30)(H,25,29)/t17-/m1/s1. The molecule has 0 spiro atoms. The van der Waals surface area contributed by atoms with Crippen molar-refractivity contribution in [3.63, 3.8) is 0 Å². The predicted octanol–water partition coefficient (Wildman–Crippen LogP) is 2.28. The van der Waals surface area contributed by atoms with Crippen LogP contribution in [0.3, 0.4) is 0 Å². The van der Waals surface area contributed by atoms with E-state index in [1.807, 2.05) is 42.2 Å². The van der Waals surface area contributed by atoms with Crippen molar-refractivity contribution in [3.8, 4) is 0 Å². The molecule has 2 aromatic carbocycles. The number of carbonyl (C=O) groups is 3. The van der Waals surface area contributed by atoms with Crippen molar-refractivity contribution in [1.82, 2.24) is 15.1 Å². The van der Waals surface area contributed by atoms with Crippen molar-refractivity contribution in [3.05, 3.63) is 65.7 Å². The molecule has 0 saturated carbocycles. The van der Waals surface area contributed by atoms with Crippen LogP contribution in [0.1, 0.15) is 35.8 Å². The summed E-state index contributed by atoms with van der Waals surface area (Å²) >= 11 is 0. The van der Waals surface area contributed by atoms with Crippen LogP contribution in [-0.4, -0.2) is 60.2 Å². The molecule has 0 radical (unpaired) electrons. The number of para-hydroxylation sites is 1. The van der Waals surface area contributed by atoms with E-state index in [2.05, 4.69) is 10.6 Å². The van der Waals surface area contributed by atoms with E-state index in [9.17, 15) is 14.4 Å². The molecule has 3 amide bonds. The molecule has 158 valence electrons. The number of nitrogens with zero attached hydrogens (tertiary/aromatic N) is 2. The molecule has 1 saturated heterocycles. The largest absolute Gasteiger partial charge is 0.345 e. The molecule has 1 atom stereocenters. The van der Waals surface area contributed by atoms with E-state index in [-0.39, 0.29) is 30.3 Å². The van der Waals surface area contributed by atoms with Crippen molar-refractivity contribution >= 4 is 23.4 Å². The van der Waals surface area contributed by atoms with Crippen LogP contribution in [0.15, 0.2) is 54.6 Å². The smallest absolute Gasteiger partial charge is 0.253 e. The van der Waals surface area contributed by atoms with E-state index >= 15 is 0 Å². The first-order valence-electron chi connectivity index (χ1n) is 10.2. The zero-order chi connectivity index (χ0) is 21.5. The van der Waals surface area contributed by atoms with Gasteiger partial charge in [-0.2, -0.15) is 0 Å². The van der Waals surface area contributed by atoms with E-state index in [0.29, 0.717) is 37.4 Å². The molecule has 0 bridgehead atoms. The maximum atomic E-state index is 12.8. The summed E-state index contributed by atoms with van der Waals surface area (Å²) in [5, 5.41) is 5.85. The average Bonchev–Trinajstić information content (AvgIpc) is 2.75. The van der Waals surface area contributed by atoms with E-state index in [0.717, 1.165) is 5.56 Å². The zero-order valence-corrected chi connectivity index (χ0v) is 17.4. The number of anilines is 1. The first kappa shape index (κ1) is 21.5. The van der Waals surface area contributed by atoms with Crippen molar-refractivity contribution in [2.45, 2.75) is 19.9 Å². The Balaban J connectivity index is 1.59. The van der Waals surface area contributed by atoms with Gasteiger partial charge >= 0.3 is 0 Å². The van der Waals surface area contributed by atoms with Gasteiger partial charge in [0.1, 0.15) is 0 Å². The Kier molecular flexibility index (Phi) is 7.19. The molecule has 7 heteroatoms. The Morgan fingerprint density at radius 1 is 0.933 bits per heavy atom. The van der Waals surface area contributed by atoms with E-state index in [4.69, 9.17) is 0 Å². The third-order valence-electron chi connectivity index (χ3n) is 5.28. The molecule has 0 aliphatic carbocycles. The highest BCUT2D eigenvalue weighted by Crippen LogP contribution is 2.18. The van der Waals surface area contributed by atoms with Crippen molar-refractivity contribution in [2.24, 2.45) is 0 Å². The van der Waals surface area contributed by atoms with Crippen molar-refractivity contribution in [2.75, 3.05) is 38.0 Å². The third-order valence-corrected chi connectivity index (χ3v) is 5.28. The summed E-state index contributed by atoms with van der Waals surface area (Å²) in [6.45, 7) is 6.27. The second kappa shape index (κ2) is 10.0. The Bertz CT molecular complexity index is 892. The number of benzene rings is 2. The third kappa shape index (κ3) is 5.67. The fraction of sp³-hybridized carbons (Fsp3) is 0.348. The fourth-order valence-electron chi connectivity index (χ4n) is 3.50. The number of hydrogen-bond donors (Lipinski definition) is 2. The Hall–Kier alpha value is -3.19. The molecule has 2 N–H and O–H groups in total. The highest BCUT2D eigenvalue weighted by molar-refractivity contribution is 6.04. The maximum absolute atomic E-state index is 12.8. The number of rotatable bonds is 6.